The van der Waals surface area contributed by atoms with E-state index in [9.17, 15) is 5.11 Å². The first-order valence-electron chi connectivity index (χ1n) is 6.84. The lowest BCUT2D eigenvalue weighted by Crippen LogP contribution is -2.30. The fraction of sp³-hybridized carbons (Fsp3) is 0.294. The van der Waals surface area contributed by atoms with E-state index in [4.69, 9.17) is 11.6 Å². The summed E-state index contributed by atoms with van der Waals surface area (Å²) in [5, 5.41) is 13.6. The molecule has 2 nitrogen and oxygen atoms in total. The van der Waals surface area contributed by atoms with Gasteiger partial charge in [-0.05, 0) is 49.6 Å². The van der Waals surface area contributed by atoms with E-state index in [-0.39, 0.29) is 6.04 Å². The van der Waals surface area contributed by atoms with Crippen molar-refractivity contribution < 1.29 is 5.11 Å². The highest BCUT2D eigenvalue weighted by Gasteiger charge is 2.12. The summed E-state index contributed by atoms with van der Waals surface area (Å²) in [5.74, 6) is 0.304. The molecule has 2 aromatic carbocycles. The van der Waals surface area contributed by atoms with Crippen molar-refractivity contribution >= 4 is 11.6 Å². The lowest BCUT2D eigenvalue weighted by atomic mass is 10.0. The van der Waals surface area contributed by atoms with Crippen LogP contribution in [0.2, 0.25) is 5.02 Å². The van der Waals surface area contributed by atoms with E-state index in [1.165, 1.54) is 5.56 Å². The van der Waals surface area contributed by atoms with Crippen molar-refractivity contribution in [2.45, 2.75) is 32.4 Å². The Morgan fingerprint density at radius 1 is 1.05 bits per heavy atom. The predicted octanol–water partition coefficient (Wildman–Crippen LogP) is 4.33. The van der Waals surface area contributed by atoms with Crippen molar-refractivity contribution in [3.63, 3.8) is 0 Å². The number of benzene rings is 2. The first-order chi connectivity index (χ1) is 9.56. The highest BCUT2D eigenvalue weighted by Crippen LogP contribution is 2.23. The van der Waals surface area contributed by atoms with Gasteiger partial charge in [0, 0.05) is 17.1 Å². The first kappa shape index (κ1) is 14.9. The first-order valence-corrected chi connectivity index (χ1v) is 7.22. The predicted molar refractivity (Wildman–Crippen MR) is 84.3 cm³/mol. The van der Waals surface area contributed by atoms with Crippen LogP contribution in [-0.2, 0) is 6.42 Å². The van der Waals surface area contributed by atoms with Crippen LogP contribution in [0.4, 0.5) is 0 Å². The summed E-state index contributed by atoms with van der Waals surface area (Å²) in [4.78, 5) is 0. The van der Waals surface area contributed by atoms with Crippen LogP contribution in [-0.4, -0.2) is 11.1 Å². The van der Waals surface area contributed by atoms with Crippen LogP contribution in [0.1, 0.15) is 31.0 Å². The largest absolute Gasteiger partial charge is 0.508 e. The average molecular weight is 290 g/mol. The standard InChI is InChI=1S/C17H20ClNO/c1-12(11-14-7-9-15(20)10-8-14)19-13(2)16-5-3-4-6-17(16)18/h3-10,12-13,19-20H,11H2,1-2H3/t12?,13-/m1/s1. The van der Waals surface area contributed by atoms with Crippen molar-refractivity contribution in [2.24, 2.45) is 0 Å². The Morgan fingerprint density at radius 3 is 2.35 bits per heavy atom. The van der Waals surface area contributed by atoms with E-state index in [1.807, 2.05) is 36.4 Å². The lowest BCUT2D eigenvalue weighted by molar-refractivity contribution is 0.470. The summed E-state index contributed by atoms with van der Waals surface area (Å²) in [6.07, 6.45) is 0.912. The minimum atomic E-state index is 0.204. The van der Waals surface area contributed by atoms with Gasteiger partial charge in [0.15, 0.2) is 0 Å². The number of rotatable bonds is 5. The average Bonchev–Trinajstić information content (AvgIpc) is 2.41. The van der Waals surface area contributed by atoms with Gasteiger partial charge in [-0.1, -0.05) is 41.9 Å². The third-order valence-electron chi connectivity index (χ3n) is 3.38. The zero-order valence-corrected chi connectivity index (χ0v) is 12.6. The Hall–Kier alpha value is -1.51. The summed E-state index contributed by atoms with van der Waals surface area (Å²) >= 11 is 6.21. The Balaban J connectivity index is 1.96. The maximum absolute atomic E-state index is 9.29. The molecule has 2 atom stereocenters. The summed E-state index contributed by atoms with van der Waals surface area (Å²) < 4.78 is 0. The number of aromatic hydroxyl groups is 1. The second-order valence-corrected chi connectivity index (χ2v) is 5.59. The molecule has 0 aliphatic heterocycles. The quantitative estimate of drug-likeness (QED) is 0.859. The summed E-state index contributed by atoms with van der Waals surface area (Å²) in [6.45, 7) is 4.27. The van der Waals surface area contributed by atoms with Gasteiger partial charge in [-0.25, -0.2) is 0 Å². The molecule has 0 saturated carbocycles. The Bertz CT molecular complexity index is 553. The zero-order chi connectivity index (χ0) is 14.5. The van der Waals surface area contributed by atoms with Crippen LogP contribution in [0.3, 0.4) is 0 Å². The topological polar surface area (TPSA) is 32.3 Å². The Labute approximate surface area is 125 Å². The van der Waals surface area contributed by atoms with E-state index in [2.05, 4.69) is 19.2 Å². The molecule has 0 saturated heterocycles. The molecular formula is C17H20ClNO. The van der Waals surface area contributed by atoms with Gasteiger partial charge in [0.25, 0.3) is 0 Å². The van der Waals surface area contributed by atoms with E-state index in [1.54, 1.807) is 12.1 Å². The molecule has 0 fully saturated rings. The Morgan fingerprint density at radius 2 is 1.70 bits per heavy atom. The number of hydrogen-bond acceptors (Lipinski definition) is 2. The maximum Gasteiger partial charge on any atom is 0.115 e. The second-order valence-electron chi connectivity index (χ2n) is 5.18. The lowest BCUT2D eigenvalue weighted by Gasteiger charge is -2.21. The van der Waals surface area contributed by atoms with Crippen molar-refractivity contribution in [3.8, 4) is 5.75 Å². The van der Waals surface area contributed by atoms with Crippen LogP contribution in [0.15, 0.2) is 48.5 Å². The third kappa shape index (κ3) is 3.99. The monoisotopic (exact) mass is 289 g/mol. The SMILES string of the molecule is CC(Cc1ccc(O)cc1)N[C@H](C)c1ccccc1Cl. The van der Waals surface area contributed by atoms with Gasteiger partial charge in [0.2, 0.25) is 0 Å². The minimum Gasteiger partial charge on any atom is -0.508 e. The third-order valence-corrected chi connectivity index (χ3v) is 3.73. The van der Waals surface area contributed by atoms with Crippen LogP contribution in [0.25, 0.3) is 0 Å². The normalized spacial score (nSPS) is 13.9. The van der Waals surface area contributed by atoms with Gasteiger partial charge in [-0.3, -0.25) is 0 Å². The molecule has 1 unspecified atom stereocenters. The molecule has 3 heteroatoms. The van der Waals surface area contributed by atoms with Crippen LogP contribution in [0.5, 0.6) is 5.75 Å². The number of hydrogen-bond donors (Lipinski definition) is 2. The number of halogens is 1. The maximum atomic E-state index is 9.29. The number of nitrogens with one attached hydrogen (secondary N) is 1. The van der Waals surface area contributed by atoms with E-state index in [0.29, 0.717) is 11.8 Å². The van der Waals surface area contributed by atoms with Gasteiger partial charge >= 0.3 is 0 Å². The molecule has 0 aromatic heterocycles. The van der Waals surface area contributed by atoms with Crippen LogP contribution >= 0.6 is 11.6 Å². The van der Waals surface area contributed by atoms with Gasteiger partial charge < -0.3 is 10.4 Å². The molecule has 0 aliphatic carbocycles. The molecular weight excluding hydrogens is 270 g/mol. The zero-order valence-electron chi connectivity index (χ0n) is 11.8. The van der Waals surface area contributed by atoms with Gasteiger partial charge in [-0.2, -0.15) is 0 Å². The van der Waals surface area contributed by atoms with Crippen molar-refractivity contribution in [2.75, 3.05) is 0 Å². The highest BCUT2D eigenvalue weighted by atomic mass is 35.5. The van der Waals surface area contributed by atoms with E-state index < -0.39 is 0 Å². The molecule has 0 bridgehead atoms. The van der Waals surface area contributed by atoms with Crippen LogP contribution in [0, 0.1) is 0 Å². The van der Waals surface area contributed by atoms with Gasteiger partial charge in [0.05, 0.1) is 0 Å². The molecule has 20 heavy (non-hydrogen) atoms. The van der Waals surface area contributed by atoms with E-state index >= 15 is 0 Å². The summed E-state index contributed by atoms with van der Waals surface area (Å²) in [5.41, 5.74) is 2.32. The molecule has 2 N–H and O–H groups in total. The molecule has 2 rings (SSSR count). The fourth-order valence-electron chi connectivity index (χ4n) is 2.39. The molecule has 0 radical (unpaired) electrons. The Kier molecular flexibility index (Phi) is 5.05. The van der Waals surface area contributed by atoms with Gasteiger partial charge in [-0.15, -0.1) is 0 Å². The summed E-state index contributed by atoms with van der Waals surface area (Å²) in [6, 6.07) is 15.8. The molecule has 0 spiro atoms. The van der Waals surface area contributed by atoms with Crippen molar-refractivity contribution in [1.29, 1.82) is 0 Å². The molecule has 0 amide bonds. The number of phenolic OH excluding ortho intramolecular Hbond substituents is 1. The molecule has 2 aromatic rings. The van der Waals surface area contributed by atoms with Crippen LogP contribution < -0.4 is 5.32 Å². The fourth-order valence-corrected chi connectivity index (χ4v) is 2.69. The second kappa shape index (κ2) is 6.78. The molecule has 106 valence electrons. The summed E-state index contributed by atoms with van der Waals surface area (Å²) in [7, 11) is 0. The number of phenols is 1. The highest BCUT2D eigenvalue weighted by molar-refractivity contribution is 6.31. The molecule has 0 aliphatic rings. The minimum absolute atomic E-state index is 0.204. The smallest absolute Gasteiger partial charge is 0.115 e. The van der Waals surface area contributed by atoms with Gasteiger partial charge in [0.1, 0.15) is 5.75 Å². The van der Waals surface area contributed by atoms with Crippen molar-refractivity contribution in [1.82, 2.24) is 5.32 Å². The molecule has 0 heterocycles. The van der Waals surface area contributed by atoms with E-state index in [0.717, 1.165) is 17.0 Å². The van der Waals surface area contributed by atoms with Crippen molar-refractivity contribution in [3.05, 3.63) is 64.7 Å².